The van der Waals surface area contributed by atoms with E-state index in [9.17, 15) is 4.79 Å². The zero-order chi connectivity index (χ0) is 17.6. The van der Waals surface area contributed by atoms with Crippen LogP contribution in [0.1, 0.15) is 24.1 Å². The molecule has 0 fully saturated rings. The van der Waals surface area contributed by atoms with Gasteiger partial charge < -0.3 is 9.73 Å². The molecule has 0 aliphatic heterocycles. The average molecular weight is 356 g/mol. The standard InChI is InChI=1S/C18H20N4O2S/c1-3-14-6-8-15(9-7-14)22-13(2)20-21-18(22)25-12-17(23)19-11-16-5-4-10-24-16/h4-10H,3,11-12H2,1-2H3,(H,19,23). The third kappa shape index (κ3) is 4.30. The Kier molecular flexibility index (Phi) is 5.55. The van der Waals surface area contributed by atoms with Crippen LogP contribution in [-0.4, -0.2) is 26.4 Å². The van der Waals surface area contributed by atoms with Gasteiger partial charge in [0.05, 0.1) is 18.6 Å². The first-order chi connectivity index (χ1) is 12.2. The Morgan fingerprint density at radius 2 is 2.04 bits per heavy atom. The van der Waals surface area contributed by atoms with Crippen LogP contribution in [0.4, 0.5) is 0 Å². The van der Waals surface area contributed by atoms with Crippen molar-refractivity contribution < 1.29 is 9.21 Å². The lowest BCUT2D eigenvalue weighted by Gasteiger charge is -2.09. The normalized spacial score (nSPS) is 10.8. The zero-order valence-electron chi connectivity index (χ0n) is 14.2. The van der Waals surface area contributed by atoms with Crippen molar-refractivity contribution in [3.8, 4) is 5.69 Å². The number of furan rings is 1. The van der Waals surface area contributed by atoms with Gasteiger partial charge >= 0.3 is 0 Å². The Balaban J connectivity index is 1.63. The second-order valence-electron chi connectivity index (χ2n) is 5.53. The molecule has 0 radical (unpaired) electrons. The maximum atomic E-state index is 12.0. The summed E-state index contributed by atoms with van der Waals surface area (Å²) in [5.74, 6) is 1.72. The summed E-state index contributed by atoms with van der Waals surface area (Å²) in [6.45, 7) is 4.42. The highest BCUT2D eigenvalue weighted by Gasteiger charge is 2.13. The molecular formula is C18H20N4O2S. The number of rotatable bonds is 7. The molecule has 1 amide bonds. The van der Waals surface area contributed by atoms with Gasteiger partial charge in [0.15, 0.2) is 5.16 Å². The van der Waals surface area contributed by atoms with Crippen LogP contribution in [-0.2, 0) is 17.8 Å². The lowest BCUT2D eigenvalue weighted by molar-refractivity contribution is -0.118. The quantitative estimate of drug-likeness (QED) is 0.659. The Hall–Kier alpha value is -2.54. The highest BCUT2D eigenvalue weighted by atomic mass is 32.2. The summed E-state index contributed by atoms with van der Waals surface area (Å²) in [6.07, 6.45) is 2.59. The van der Waals surface area contributed by atoms with Crippen LogP contribution in [0.25, 0.3) is 5.69 Å². The number of hydrogen-bond acceptors (Lipinski definition) is 5. The monoisotopic (exact) mass is 356 g/mol. The highest BCUT2D eigenvalue weighted by molar-refractivity contribution is 7.99. The van der Waals surface area contributed by atoms with Crippen LogP contribution in [0.2, 0.25) is 0 Å². The van der Waals surface area contributed by atoms with E-state index in [2.05, 4.69) is 46.7 Å². The van der Waals surface area contributed by atoms with E-state index in [-0.39, 0.29) is 11.7 Å². The Morgan fingerprint density at radius 3 is 2.72 bits per heavy atom. The van der Waals surface area contributed by atoms with Crippen molar-refractivity contribution in [3.63, 3.8) is 0 Å². The van der Waals surface area contributed by atoms with E-state index in [4.69, 9.17) is 4.42 Å². The third-order valence-corrected chi connectivity index (χ3v) is 4.70. The molecule has 2 heterocycles. The van der Waals surface area contributed by atoms with Crippen LogP contribution < -0.4 is 5.32 Å². The zero-order valence-corrected chi connectivity index (χ0v) is 15.0. The molecule has 1 aromatic carbocycles. The molecule has 3 rings (SSSR count). The minimum Gasteiger partial charge on any atom is -0.467 e. The number of aryl methyl sites for hydroxylation is 2. The van der Waals surface area contributed by atoms with Gasteiger partial charge in [-0.05, 0) is 43.2 Å². The fourth-order valence-corrected chi connectivity index (χ4v) is 3.22. The molecule has 3 aromatic rings. The molecule has 0 saturated carbocycles. The third-order valence-electron chi connectivity index (χ3n) is 3.77. The maximum Gasteiger partial charge on any atom is 0.230 e. The van der Waals surface area contributed by atoms with Crippen LogP contribution >= 0.6 is 11.8 Å². The molecular weight excluding hydrogens is 336 g/mol. The SMILES string of the molecule is CCc1ccc(-n2c(C)nnc2SCC(=O)NCc2ccco2)cc1. The van der Waals surface area contributed by atoms with Gasteiger partial charge in [0.1, 0.15) is 11.6 Å². The minimum absolute atomic E-state index is 0.0741. The van der Waals surface area contributed by atoms with Gasteiger partial charge in [-0.3, -0.25) is 9.36 Å². The minimum atomic E-state index is -0.0741. The van der Waals surface area contributed by atoms with E-state index in [1.54, 1.807) is 12.3 Å². The van der Waals surface area contributed by atoms with E-state index in [1.807, 2.05) is 17.6 Å². The molecule has 0 atom stereocenters. The Labute approximate surface area is 150 Å². The lowest BCUT2D eigenvalue weighted by atomic mass is 10.1. The van der Waals surface area contributed by atoms with E-state index in [1.165, 1.54) is 17.3 Å². The van der Waals surface area contributed by atoms with Crippen molar-refractivity contribution >= 4 is 17.7 Å². The number of carbonyl (C=O) groups is 1. The molecule has 7 heteroatoms. The topological polar surface area (TPSA) is 73.0 Å². The predicted octanol–water partition coefficient (Wildman–Crippen LogP) is 3.14. The summed E-state index contributed by atoms with van der Waals surface area (Å²) in [4.78, 5) is 12.0. The van der Waals surface area contributed by atoms with E-state index in [0.717, 1.165) is 23.7 Å². The molecule has 0 saturated heterocycles. The summed E-state index contributed by atoms with van der Waals surface area (Å²) in [6, 6.07) is 11.9. The van der Waals surface area contributed by atoms with Crippen molar-refractivity contribution in [2.24, 2.45) is 0 Å². The number of nitrogens with zero attached hydrogens (tertiary/aromatic N) is 3. The van der Waals surface area contributed by atoms with Crippen LogP contribution in [0.3, 0.4) is 0 Å². The predicted molar refractivity (Wildman–Crippen MR) is 96.8 cm³/mol. The van der Waals surface area contributed by atoms with E-state index in [0.29, 0.717) is 11.7 Å². The summed E-state index contributed by atoms with van der Waals surface area (Å²) in [5.41, 5.74) is 2.28. The van der Waals surface area contributed by atoms with Gasteiger partial charge in [0, 0.05) is 5.69 Å². The molecule has 2 aromatic heterocycles. The van der Waals surface area contributed by atoms with Crippen molar-refractivity contribution in [2.75, 3.05) is 5.75 Å². The summed E-state index contributed by atoms with van der Waals surface area (Å²) in [7, 11) is 0. The molecule has 25 heavy (non-hydrogen) atoms. The number of carbonyl (C=O) groups excluding carboxylic acids is 1. The largest absolute Gasteiger partial charge is 0.467 e. The molecule has 0 aliphatic carbocycles. The number of nitrogens with one attached hydrogen (secondary N) is 1. The number of amides is 1. The smallest absolute Gasteiger partial charge is 0.230 e. The number of thioether (sulfide) groups is 1. The Bertz CT molecular complexity index is 825. The Morgan fingerprint density at radius 1 is 1.24 bits per heavy atom. The summed E-state index contributed by atoms with van der Waals surface area (Å²) in [5, 5.41) is 11.9. The first-order valence-corrected chi connectivity index (χ1v) is 9.09. The van der Waals surface area contributed by atoms with E-state index < -0.39 is 0 Å². The lowest BCUT2D eigenvalue weighted by Crippen LogP contribution is -2.24. The molecule has 0 spiro atoms. The van der Waals surface area contributed by atoms with Gasteiger partial charge in [-0.15, -0.1) is 10.2 Å². The number of benzene rings is 1. The molecule has 0 bridgehead atoms. The van der Waals surface area contributed by atoms with Gasteiger partial charge in [-0.2, -0.15) is 0 Å². The fraction of sp³-hybridized carbons (Fsp3) is 0.278. The summed E-state index contributed by atoms with van der Waals surface area (Å²) >= 11 is 1.36. The van der Waals surface area contributed by atoms with Crippen molar-refractivity contribution in [3.05, 3.63) is 59.8 Å². The number of aromatic nitrogens is 3. The maximum absolute atomic E-state index is 12.0. The average Bonchev–Trinajstić information content (AvgIpc) is 3.28. The van der Waals surface area contributed by atoms with Crippen molar-refractivity contribution in [2.45, 2.75) is 32.0 Å². The van der Waals surface area contributed by atoms with Crippen LogP contribution in [0, 0.1) is 6.92 Å². The van der Waals surface area contributed by atoms with Crippen LogP contribution in [0.5, 0.6) is 0 Å². The first-order valence-electron chi connectivity index (χ1n) is 8.10. The highest BCUT2D eigenvalue weighted by Crippen LogP contribution is 2.22. The number of hydrogen-bond donors (Lipinski definition) is 1. The molecule has 130 valence electrons. The summed E-state index contributed by atoms with van der Waals surface area (Å²) < 4.78 is 7.16. The van der Waals surface area contributed by atoms with Crippen molar-refractivity contribution in [1.82, 2.24) is 20.1 Å². The molecule has 0 aliphatic rings. The van der Waals surface area contributed by atoms with Gasteiger partial charge in [-0.1, -0.05) is 30.8 Å². The first kappa shape index (κ1) is 17.3. The molecule has 0 unspecified atom stereocenters. The van der Waals surface area contributed by atoms with Gasteiger partial charge in [0.25, 0.3) is 0 Å². The van der Waals surface area contributed by atoms with Crippen LogP contribution in [0.15, 0.2) is 52.2 Å². The fourth-order valence-electron chi connectivity index (χ4n) is 2.39. The second-order valence-corrected chi connectivity index (χ2v) is 6.47. The van der Waals surface area contributed by atoms with Gasteiger partial charge in [0.2, 0.25) is 5.91 Å². The molecule has 1 N–H and O–H groups in total. The van der Waals surface area contributed by atoms with E-state index >= 15 is 0 Å². The van der Waals surface area contributed by atoms with Gasteiger partial charge in [-0.25, -0.2) is 0 Å². The van der Waals surface area contributed by atoms with Crippen molar-refractivity contribution in [1.29, 1.82) is 0 Å². The molecule has 6 nitrogen and oxygen atoms in total. The second kappa shape index (κ2) is 8.02.